The van der Waals surface area contributed by atoms with Crippen LogP contribution in [0.2, 0.25) is 5.02 Å². The zero-order valence-electron chi connectivity index (χ0n) is 17.3. The largest absolute Gasteiger partial charge is 0.490 e. The van der Waals surface area contributed by atoms with Gasteiger partial charge in [-0.25, -0.2) is 4.39 Å². The van der Waals surface area contributed by atoms with Crippen LogP contribution < -0.4 is 20.7 Å². The predicted octanol–water partition coefficient (Wildman–Crippen LogP) is 4.03. The van der Waals surface area contributed by atoms with Gasteiger partial charge in [-0.05, 0) is 37.6 Å². The number of aromatic nitrogens is 2. The predicted molar refractivity (Wildman–Crippen MR) is 121 cm³/mol. The minimum absolute atomic E-state index is 0.00222. The first-order chi connectivity index (χ1) is 15.6. The van der Waals surface area contributed by atoms with E-state index in [1.54, 1.807) is 24.5 Å². The molecule has 1 saturated heterocycles. The Morgan fingerprint density at radius 3 is 3.03 bits per heavy atom. The summed E-state index contributed by atoms with van der Waals surface area (Å²) in [7, 11) is 0. The van der Waals surface area contributed by atoms with Crippen molar-refractivity contribution in [2.45, 2.75) is 25.3 Å². The smallest absolute Gasteiger partial charge is 0.255 e. The number of fused-ring (bicyclic) bond motifs is 1. The lowest BCUT2D eigenvalue weighted by Gasteiger charge is -2.17. The molecule has 1 fully saturated rings. The highest BCUT2D eigenvalue weighted by molar-refractivity contribution is 6.31. The molecule has 1 atom stereocenters. The van der Waals surface area contributed by atoms with Crippen molar-refractivity contribution in [3.05, 3.63) is 58.8 Å². The van der Waals surface area contributed by atoms with Crippen LogP contribution in [0.15, 0.2) is 36.7 Å². The second-order valence-electron chi connectivity index (χ2n) is 7.94. The molecule has 2 aliphatic heterocycles. The van der Waals surface area contributed by atoms with E-state index in [9.17, 15) is 9.18 Å². The van der Waals surface area contributed by atoms with Crippen LogP contribution in [0.3, 0.4) is 0 Å². The number of carbonyl (C=O) groups excluding carboxylic acids is 1. The van der Waals surface area contributed by atoms with Crippen molar-refractivity contribution < 1.29 is 13.9 Å². The van der Waals surface area contributed by atoms with Gasteiger partial charge in [-0.1, -0.05) is 17.7 Å². The fourth-order valence-corrected chi connectivity index (χ4v) is 4.41. The average molecular weight is 456 g/mol. The van der Waals surface area contributed by atoms with E-state index in [4.69, 9.17) is 16.3 Å². The number of benzene rings is 1. The van der Waals surface area contributed by atoms with Crippen molar-refractivity contribution in [2.75, 3.05) is 25.0 Å². The summed E-state index contributed by atoms with van der Waals surface area (Å²) in [6.45, 7) is 2.04. The fraction of sp³-hybridized carbons (Fsp3) is 0.304. The summed E-state index contributed by atoms with van der Waals surface area (Å²) < 4.78 is 20.8. The third-order valence-corrected chi connectivity index (χ3v) is 6.12. The van der Waals surface area contributed by atoms with Crippen LogP contribution in [-0.2, 0) is 6.42 Å². The molecule has 0 unspecified atom stereocenters. The van der Waals surface area contributed by atoms with Gasteiger partial charge in [-0.3, -0.25) is 9.78 Å². The number of hydrogen-bond donors (Lipinski definition) is 4. The van der Waals surface area contributed by atoms with E-state index in [1.165, 1.54) is 6.07 Å². The molecule has 1 amide bonds. The molecular weight excluding hydrogens is 433 g/mol. The highest BCUT2D eigenvalue weighted by Crippen LogP contribution is 2.41. The molecule has 32 heavy (non-hydrogen) atoms. The van der Waals surface area contributed by atoms with Gasteiger partial charge in [0, 0.05) is 36.5 Å². The first-order valence-corrected chi connectivity index (χ1v) is 11.0. The normalized spacial score (nSPS) is 17.7. The Hall–Kier alpha value is -3.10. The second-order valence-corrected chi connectivity index (χ2v) is 8.34. The lowest BCUT2D eigenvalue weighted by Crippen LogP contribution is -2.31. The summed E-state index contributed by atoms with van der Waals surface area (Å²) in [6, 6.07) is 6.84. The van der Waals surface area contributed by atoms with Gasteiger partial charge in [-0.2, -0.15) is 0 Å². The van der Waals surface area contributed by atoms with Gasteiger partial charge in [0.15, 0.2) is 5.82 Å². The Balaban J connectivity index is 1.57. The lowest BCUT2D eigenvalue weighted by atomic mass is 10.0. The molecule has 1 aromatic carbocycles. The van der Waals surface area contributed by atoms with Crippen LogP contribution in [0, 0.1) is 5.82 Å². The van der Waals surface area contributed by atoms with Crippen LogP contribution in [0.25, 0.3) is 11.3 Å². The monoisotopic (exact) mass is 455 g/mol. The summed E-state index contributed by atoms with van der Waals surface area (Å²) in [5.74, 6) is -0.204. The standard InChI is InChI=1S/C23H23ClFN5O2/c24-15-4-1-5-17(20(15)25)30-22-19-16(7-10-28-23(19)31)29-21(22)14-6-9-26-11-18(14)32-12-13-3-2-8-27-13/h1,4-6,9,11,13,27,29-30H,2-3,7-8,10,12H2,(H,28,31)/t13-/m0/s1. The number of nitrogens with zero attached hydrogens (tertiary/aromatic N) is 1. The first kappa shape index (κ1) is 20.8. The number of hydrogen-bond acceptors (Lipinski definition) is 5. The van der Waals surface area contributed by atoms with Crippen LogP contribution >= 0.6 is 11.6 Å². The van der Waals surface area contributed by atoms with Gasteiger partial charge in [-0.15, -0.1) is 0 Å². The topological polar surface area (TPSA) is 91.1 Å². The van der Waals surface area contributed by atoms with E-state index in [2.05, 4.69) is 25.9 Å². The Morgan fingerprint density at radius 1 is 1.28 bits per heavy atom. The number of rotatable bonds is 6. The molecule has 5 rings (SSSR count). The van der Waals surface area contributed by atoms with E-state index in [0.717, 1.165) is 30.6 Å². The van der Waals surface area contributed by atoms with Crippen LogP contribution in [0.5, 0.6) is 5.75 Å². The molecule has 0 saturated carbocycles. The molecular formula is C23H23ClFN5O2. The summed E-state index contributed by atoms with van der Waals surface area (Å²) in [6.07, 6.45) is 6.16. The van der Waals surface area contributed by atoms with E-state index in [-0.39, 0.29) is 16.6 Å². The van der Waals surface area contributed by atoms with E-state index >= 15 is 0 Å². The fourth-order valence-electron chi connectivity index (χ4n) is 4.23. The summed E-state index contributed by atoms with van der Waals surface area (Å²) in [5, 5.41) is 9.38. The zero-order chi connectivity index (χ0) is 22.1. The van der Waals surface area contributed by atoms with E-state index < -0.39 is 5.82 Å². The molecule has 0 bridgehead atoms. The number of aromatic amines is 1. The van der Waals surface area contributed by atoms with Crippen molar-refractivity contribution in [1.29, 1.82) is 0 Å². The van der Waals surface area contributed by atoms with Crippen molar-refractivity contribution in [2.24, 2.45) is 0 Å². The Labute approximate surface area is 189 Å². The SMILES string of the molecule is O=C1NCCc2[nH]c(-c3ccncc3OC[C@@H]3CCCN3)c(Nc3cccc(Cl)c3F)c21. The second kappa shape index (κ2) is 8.80. The third-order valence-electron chi connectivity index (χ3n) is 5.83. The maximum absolute atomic E-state index is 14.7. The Kier molecular flexibility index (Phi) is 5.71. The third kappa shape index (κ3) is 3.91. The summed E-state index contributed by atoms with van der Waals surface area (Å²) in [5.41, 5.74) is 3.30. The number of carbonyl (C=O) groups is 1. The van der Waals surface area contributed by atoms with E-state index in [0.29, 0.717) is 48.3 Å². The quantitative estimate of drug-likeness (QED) is 0.450. The number of H-pyrrole nitrogens is 1. The van der Waals surface area contributed by atoms with Crippen LogP contribution in [0.4, 0.5) is 15.8 Å². The van der Waals surface area contributed by atoms with Gasteiger partial charge in [0.2, 0.25) is 0 Å². The van der Waals surface area contributed by atoms with Gasteiger partial charge in [0.25, 0.3) is 5.91 Å². The number of halogens is 2. The maximum atomic E-state index is 14.7. The Bertz CT molecular complexity index is 1160. The molecule has 0 spiro atoms. The number of pyridine rings is 1. The van der Waals surface area contributed by atoms with Crippen LogP contribution in [0.1, 0.15) is 28.9 Å². The molecule has 2 aliphatic rings. The molecule has 166 valence electrons. The first-order valence-electron chi connectivity index (χ1n) is 10.7. The number of nitrogens with one attached hydrogen (secondary N) is 4. The van der Waals surface area contributed by atoms with Gasteiger partial charge < -0.3 is 25.7 Å². The molecule has 9 heteroatoms. The maximum Gasteiger partial charge on any atom is 0.255 e. The van der Waals surface area contributed by atoms with Gasteiger partial charge in [0.1, 0.15) is 12.4 Å². The van der Waals surface area contributed by atoms with Crippen molar-refractivity contribution >= 4 is 28.9 Å². The molecule has 7 nitrogen and oxygen atoms in total. The van der Waals surface area contributed by atoms with Crippen molar-refractivity contribution in [3.63, 3.8) is 0 Å². The number of anilines is 2. The highest BCUT2D eigenvalue weighted by Gasteiger charge is 2.29. The molecule has 4 heterocycles. The van der Waals surface area contributed by atoms with Gasteiger partial charge in [0.05, 0.1) is 33.9 Å². The molecule has 3 aromatic rings. The molecule has 0 aliphatic carbocycles. The van der Waals surface area contributed by atoms with E-state index in [1.807, 2.05) is 6.07 Å². The molecule has 0 radical (unpaired) electrons. The Morgan fingerprint density at radius 2 is 2.19 bits per heavy atom. The minimum Gasteiger partial charge on any atom is -0.490 e. The highest BCUT2D eigenvalue weighted by atomic mass is 35.5. The zero-order valence-corrected chi connectivity index (χ0v) is 18.1. The van der Waals surface area contributed by atoms with Gasteiger partial charge >= 0.3 is 0 Å². The molecule has 4 N–H and O–H groups in total. The lowest BCUT2D eigenvalue weighted by molar-refractivity contribution is 0.0947. The number of ether oxygens (including phenoxy) is 1. The number of amides is 1. The van der Waals surface area contributed by atoms with Crippen LogP contribution in [-0.4, -0.2) is 41.6 Å². The summed E-state index contributed by atoms with van der Waals surface area (Å²) >= 11 is 5.98. The average Bonchev–Trinajstić information content (AvgIpc) is 3.44. The minimum atomic E-state index is -0.579. The van der Waals surface area contributed by atoms with Crippen molar-refractivity contribution in [1.82, 2.24) is 20.6 Å². The molecule has 2 aromatic heterocycles. The van der Waals surface area contributed by atoms with Crippen molar-refractivity contribution in [3.8, 4) is 17.0 Å². The summed E-state index contributed by atoms with van der Waals surface area (Å²) in [4.78, 5) is 20.3.